The van der Waals surface area contributed by atoms with E-state index in [1.165, 1.54) is 24.3 Å². The number of alkyl halides is 3. The number of hydrogen-bond acceptors (Lipinski definition) is 4. The van der Waals surface area contributed by atoms with Crippen LogP contribution >= 0.6 is 0 Å². The third kappa shape index (κ3) is 7.56. The molecule has 0 aliphatic carbocycles. The molecule has 0 aromatic heterocycles. The van der Waals surface area contributed by atoms with E-state index >= 15 is 0 Å². The fourth-order valence-electron chi connectivity index (χ4n) is 2.23. The molecule has 28 heavy (non-hydrogen) atoms. The third-order valence-electron chi connectivity index (χ3n) is 3.57. The maximum absolute atomic E-state index is 12.1. The highest BCUT2D eigenvalue weighted by molar-refractivity contribution is 5.80. The summed E-state index contributed by atoms with van der Waals surface area (Å²) in [5.74, 6) is -1.27. The van der Waals surface area contributed by atoms with Crippen molar-refractivity contribution in [2.24, 2.45) is 0 Å². The lowest BCUT2D eigenvalue weighted by Gasteiger charge is -2.15. The Balaban J connectivity index is 1.87. The van der Waals surface area contributed by atoms with Crippen molar-refractivity contribution in [1.29, 1.82) is 0 Å². The van der Waals surface area contributed by atoms with Crippen LogP contribution in [0.2, 0.25) is 0 Å². The molecule has 2 aromatic rings. The number of rotatable bonds is 8. The lowest BCUT2D eigenvalue weighted by molar-refractivity contribution is -0.153. The molecule has 0 radical (unpaired) electrons. The molecule has 1 amide bonds. The molecular formula is C19H18F3NO5. The number of hydrogen-bond donors (Lipinski definition) is 2. The van der Waals surface area contributed by atoms with Crippen molar-refractivity contribution >= 4 is 12.1 Å². The van der Waals surface area contributed by atoms with Crippen molar-refractivity contribution in [1.82, 2.24) is 5.32 Å². The molecule has 0 fully saturated rings. The van der Waals surface area contributed by atoms with Crippen LogP contribution in [0, 0.1) is 0 Å². The van der Waals surface area contributed by atoms with Crippen molar-refractivity contribution < 1.29 is 37.3 Å². The third-order valence-corrected chi connectivity index (χ3v) is 3.57. The number of benzene rings is 2. The SMILES string of the molecule is O=C(NC(Cc1ccc(OCC(F)(F)F)cc1)C(=O)O)OCc1ccccc1. The van der Waals surface area contributed by atoms with Gasteiger partial charge in [-0.3, -0.25) is 0 Å². The Hall–Kier alpha value is -3.23. The van der Waals surface area contributed by atoms with E-state index in [2.05, 4.69) is 10.1 Å². The smallest absolute Gasteiger partial charge is 0.422 e. The maximum atomic E-state index is 12.1. The van der Waals surface area contributed by atoms with Crippen LogP contribution in [0.3, 0.4) is 0 Å². The number of carboxylic acids is 1. The van der Waals surface area contributed by atoms with Crippen LogP contribution in [-0.4, -0.2) is 36.0 Å². The minimum absolute atomic E-state index is 0.00294. The summed E-state index contributed by atoms with van der Waals surface area (Å²) in [7, 11) is 0. The van der Waals surface area contributed by atoms with Gasteiger partial charge in [0.25, 0.3) is 0 Å². The van der Waals surface area contributed by atoms with E-state index in [1.807, 2.05) is 6.07 Å². The normalized spacial score (nSPS) is 12.1. The van der Waals surface area contributed by atoms with Crippen molar-refractivity contribution in [3.05, 3.63) is 65.7 Å². The molecule has 0 heterocycles. The maximum Gasteiger partial charge on any atom is 0.422 e. The number of nitrogens with one attached hydrogen (secondary N) is 1. The van der Waals surface area contributed by atoms with Gasteiger partial charge in [0.1, 0.15) is 18.4 Å². The second-order valence-electron chi connectivity index (χ2n) is 5.85. The first-order chi connectivity index (χ1) is 13.2. The van der Waals surface area contributed by atoms with E-state index in [1.54, 1.807) is 24.3 Å². The summed E-state index contributed by atoms with van der Waals surface area (Å²) in [6.07, 6.45) is -5.41. The first-order valence-corrected chi connectivity index (χ1v) is 8.21. The van der Waals surface area contributed by atoms with Crippen molar-refractivity contribution in [3.63, 3.8) is 0 Å². The predicted molar refractivity (Wildman–Crippen MR) is 92.9 cm³/mol. The Labute approximate surface area is 158 Å². The van der Waals surface area contributed by atoms with Crippen LogP contribution in [0.1, 0.15) is 11.1 Å². The minimum Gasteiger partial charge on any atom is -0.484 e. The molecule has 9 heteroatoms. The standard InChI is InChI=1S/C19H18F3NO5/c20-19(21,22)12-28-15-8-6-13(7-9-15)10-16(17(24)25)23-18(26)27-11-14-4-2-1-3-5-14/h1-9,16H,10-12H2,(H,23,26)(H,24,25). The number of carboxylic acid groups (broad SMARTS) is 1. The molecule has 0 saturated carbocycles. The zero-order chi connectivity index (χ0) is 20.6. The van der Waals surface area contributed by atoms with Gasteiger partial charge in [0.2, 0.25) is 0 Å². The second kappa shape index (κ2) is 9.63. The average molecular weight is 397 g/mol. The predicted octanol–water partition coefficient (Wildman–Crippen LogP) is 3.55. The highest BCUT2D eigenvalue weighted by Gasteiger charge is 2.28. The summed E-state index contributed by atoms with van der Waals surface area (Å²) in [5, 5.41) is 11.5. The Morgan fingerprint density at radius 2 is 1.64 bits per heavy atom. The lowest BCUT2D eigenvalue weighted by atomic mass is 10.1. The summed E-state index contributed by atoms with van der Waals surface area (Å²) < 4.78 is 46.0. The molecule has 0 saturated heterocycles. The van der Waals surface area contributed by atoms with E-state index in [0.29, 0.717) is 5.56 Å². The Kier molecular flexibility index (Phi) is 7.25. The molecule has 2 N–H and O–H groups in total. The average Bonchev–Trinajstić information content (AvgIpc) is 2.65. The molecule has 150 valence electrons. The van der Waals surface area contributed by atoms with Gasteiger partial charge in [-0.15, -0.1) is 0 Å². The molecule has 0 aliphatic rings. The van der Waals surface area contributed by atoms with E-state index in [9.17, 15) is 27.9 Å². The van der Waals surface area contributed by atoms with Crippen LogP contribution in [0.25, 0.3) is 0 Å². The number of aliphatic carboxylic acids is 1. The van der Waals surface area contributed by atoms with Gasteiger partial charge in [0.15, 0.2) is 6.61 Å². The number of carbonyl (C=O) groups is 2. The number of ether oxygens (including phenoxy) is 2. The quantitative estimate of drug-likeness (QED) is 0.712. The topological polar surface area (TPSA) is 84.9 Å². The molecule has 0 aliphatic heterocycles. The summed E-state index contributed by atoms with van der Waals surface area (Å²) in [5.41, 5.74) is 1.24. The summed E-state index contributed by atoms with van der Waals surface area (Å²) >= 11 is 0. The van der Waals surface area contributed by atoms with Crippen LogP contribution in [0.15, 0.2) is 54.6 Å². The molecular weight excluding hydrogens is 379 g/mol. The Morgan fingerprint density at radius 1 is 1.00 bits per heavy atom. The Bertz CT molecular complexity index is 778. The van der Waals surface area contributed by atoms with Gasteiger partial charge >= 0.3 is 18.2 Å². The van der Waals surface area contributed by atoms with Crippen molar-refractivity contribution in [3.8, 4) is 5.75 Å². The van der Waals surface area contributed by atoms with Gasteiger partial charge in [-0.2, -0.15) is 13.2 Å². The number of alkyl carbamates (subject to hydrolysis) is 1. The molecule has 2 rings (SSSR count). The second-order valence-corrected chi connectivity index (χ2v) is 5.85. The van der Waals surface area contributed by atoms with E-state index in [0.717, 1.165) is 5.56 Å². The molecule has 6 nitrogen and oxygen atoms in total. The Morgan fingerprint density at radius 3 is 2.21 bits per heavy atom. The highest BCUT2D eigenvalue weighted by Crippen LogP contribution is 2.19. The number of halogens is 3. The molecule has 0 spiro atoms. The van der Waals surface area contributed by atoms with Crippen LogP contribution < -0.4 is 10.1 Å². The van der Waals surface area contributed by atoms with E-state index < -0.39 is 30.9 Å². The summed E-state index contributed by atoms with van der Waals surface area (Å²) in [6.45, 7) is -1.43. The van der Waals surface area contributed by atoms with Crippen LogP contribution in [0.5, 0.6) is 5.75 Å². The number of carbonyl (C=O) groups excluding carboxylic acids is 1. The largest absolute Gasteiger partial charge is 0.484 e. The first-order valence-electron chi connectivity index (χ1n) is 8.21. The van der Waals surface area contributed by atoms with Gasteiger partial charge in [0.05, 0.1) is 0 Å². The van der Waals surface area contributed by atoms with E-state index in [-0.39, 0.29) is 18.8 Å². The fraction of sp³-hybridized carbons (Fsp3) is 0.263. The first kappa shape index (κ1) is 21.1. The number of amides is 1. The van der Waals surface area contributed by atoms with Crippen LogP contribution in [-0.2, 0) is 22.6 Å². The monoisotopic (exact) mass is 397 g/mol. The molecule has 1 atom stereocenters. The fourth-order valence-corrected chi connectivity index (χ4v) is 2.23. The van der Waals surface area contributed by atoms with Crippen molar-refractivity contribution in [2.75, 3.05) is 6.61 Å². The zero-order valence-corrected chi connectivity index (χ0v) is 14.6. The van der Waals surface area contributed by atoms with Gasteiger partial charge < -0.3 is 19.9 Å². The van der Waals surface area contributed by atoms with Gasteiger partial charge in [-0.25, -0.2) is 9.59 Å². The van der Waals surface area contributed by atoms with Gasteiger partial charge in [-0.1, -0.05) is 42.5 Å². The van der Waals surface area contributed by atoms with E-state index in [4.69, 9.17) is 4.74 Å². The van der Waals surface area contributed by atoms with Crippen LogP contribution in [0.4, 0.5) is 18.0 Å². The summed E-state index contributed by atoms with van der Waals surface area (Å²) in [4.78, 5) is 23.2. The summed E-state index contributed by atoms with van der Waals surface area (Å²) in [6, 6.07) is 13.1. The van der Waals surface area contributed by atoms with Crippen molar-refractivity contribution in [2.45, 2.75) is 25.2 Å². The van der Waals surface area contributed by atoms with Gasteiger partial charge in [0, 0.05) is 6.42 Å². The minimum atomic E-state index is -4.45. The zero-order valence-electron chi connectivity index (χ0n) is 14.6. The van der Waals surface area contributed by atoms with Gasteiger partial charge in [-0.05, 0) is 23.3 Å². The molecule has 0 bridgehead atoms. The highest BCUT2D eigenvalue weighted by atomic mass is 19.4. The lowest BCUT2D eigenvalue weighted by Crippen LogP contribution is -2.42. The molecule has 2 aromatic carbocycles. The molecule has 1 unspecified atom stereocenters.